The lowest BCUT2D eigenvalue weighted by molar-refractivity contribution is -0.870. The number of nitrogens with zero attached hydrogens (tertiary/aromatic N) is 1. The number of quaternary nitrogens is 1. The lowest BCUT2D eigenvalue weighted by Crippen LogP contribution is -2.47. The number of esters is 1. The molecule has 1 amide bonds. The lowest BCUT2D eigenvalue weighted by atomic mass is 10.0. The second-order valence-electron chi connectivity index (χ2n) is 21.6. The van der Waals surface area contributed by atoms with Gasteiger partial charge < -0.3 is 19.4 Å². The molecule has 0 radical (unpaired) electrons. The number of nitrogens with one attached hydrogen (secondary N) is 1. The van der Waals surface area contributed by atoms with Crippen LogP contribution in [-0.2, 0) is 27.9 Å². The number of amides is 1. The third-order valence-electron chi connectivity index (χ3n) is 13.3. The van der Waals surface area contributed by atoms with E-state index in [4.69, 9.17) is 13.8 Å². The lowest BCUT2D eigenvalue weighted by Gasteiger charge is -2.27. The smallest absolute Gasteiger partial charge is 0.456 e. The van der Waals surface area contributed by atoms with Crippen molar-refractivity contribution in [1.82, 2.24) is 5.32 Å². The first kappa shape index (κ1) is 69.7. The molecule has 10 heteroatoms. The fourth-order valence-electron chi connectivity index (χ4n) is 8.58. The number of hydrogen-bond donors (Lipinski definition) is 2. The maximum absolute atomic E-state index is 13.5. The number of allylic oxidation sites excluding steroid dienone is 9. The molecule has 2 N–H and O–H groups in total. The van der Waals surface area contributed by atoms with Gasteiger partial charge in [-0.3, -0.25) is 18.6 Å². The highest BCUT2D eigenvalue weighted by Gasteiger charge is 2.30. The molecule has 0 aliphatic carbocycles. The third kappa shape index (κ3) is 52.6. The molecule has 3 atom stereocenters. The van der Waals surface area contributed by atoms with Crippen molar-refractivity contribution in [2.24, 2.45) is 0 Å². The first-order chi connectivity index (χ1) is 34.9. The van der Waals surface area contributed by atoms with Crippen molar-refractivity contribution in [2.45, 2.75) is 283 Å². The minimum atomic E-state index is -4.45. The van der Waals surface area contributed by atoms with Crippen LogP contribution in [0.25, 0.3) is 0 Å². The highest BCUT2D eigenvalue weighted by atomic mass is 31.2. The standard InChI is InChI=1S/C62H115N2O7P/c1-7-10-13-16-19-22-25-28-29-30-31-32-33-34-35-37-39-42-45-48-51-54-61(65)63-59(58-70-72(67,68)69-57-56-64(4,5)6)60(53-50-47-44-41-38-27-24-21-18-15-12-9-3)71-62(66)55-52-49-46-43-40-36-26-23-20-17-14-11-8-2/h11,14,17,20,23,26,28-29,50,53,59-60H,7-10,12-13,15-16,18-19,21-22,24-25,27,30-49,51-52,54-58H2,1-6H3,(H-,63,65,67,68)/p+1/b14-11+,20-17+,26-23-,29-28+,53-50-. The number of phosphoric ester groups is 1. The van der Waals surface area contributed by atoms with Crippen LogP contribution >= 0.6 is 7.82 Å². The van der Waals surface area contributed by atoms with Gasteiger partial charge in [-0.25, -0.2) is 4.57 Å². The quantitative estimate of drug-likeness (QED) is 0.0156. The van der Waals surface area contributed by atoms with Crippen molar-refractivity contribution in [3.05, 3.63) is 60.8 Å². The van der Waals surface area contributed by atoms with Crippen LogP contribution in [0, 0.1) is 0 Å². The van der Waals surface area contributed by atoms with Crippen LogP contribution in [0.1, 0.15) is 271 Å². The summed E-state index contributed by atoms with van der Waals surface area (Å²) in [5.41, 5.74) is 0. The molecule has 0 rings (SSSR count). The monoisotopic (exact) mass is 1030 g/mol. The molecule has 0 bridgehead atoms. The minimum absolute atomic E-state index is 0.0357. The topological polar surface area (TPSA) is 111 Å². The van der Waals surface area contributed by atoms with Gasteiger partial charge in [0.2, 0.25) is 5.91 Å². The Balaban J connectivity index is 5.23. The van der Waals surface area contributed by atoms with Crippen LogP contribution in [0.3, 0.4) is 0 Å². The molecular weight excluding hydrogens is 916 g/mol. The van der Waals surface area contributed by atoms with Gasteiger partial charge in [0.05, 0.1) is 33.8 Å². The van der Waals surface area contributed by atoms with E-state index in [9.17, 15) is 19.0 Å². The Bertz CT molecular complexity index is 1420. The fraction of sp³-hybridized carbons (Fsp3) is 0.806. The van der Waals surface area contributed by atoms with Crippen LogP contribution in [-0.4, -0.2) is 74.3 Å². The number of likely N-dealkylation sites (N-methyl/N-ethyl adjacent to an activating group) is 1. The zero-order valence-corrected chi connectivity index (χ0v) is 48.8. The van der Waals surface area contributed by atoms with Crippen molar-refractivity contribution >= 4 is 19.7 Å². The minimum Gasteiger partial charge on any atom is -0.456 e. The van der Waals surface area contributed by atoms with E-state index in [2.05, 4.69) is 74.7 Å². The number of carbonyl (C=O) groups is 2. The molecule has 0 aromatic heterocycles. The predicted molar refractivity (Wildman–Crippen MR) is 309 cm³/mol. The molecule has 0 spiro atoms. The Morgan fingerprint density at radius 3 is 1.36 bits per heavy atom. The molecular formula is C62H116N2O7P+. The molecule has 0 fully saturated rings. The number of hydrogen-bond acceptors (Lipinski definition) is 6. The largest absolute Gasteiger partial charge is 0.472 e. The summed E-state index contributed by atoms with van der Waals surface area (Å²) in [6, 6.07) is -0.857. The second-order valence-corrected chi connectivity index (χ2v) is 23.0. The fourth-order valence-corrected chi connectivity index (χ4v) is 9.32. The van der Waals surface area contributed by atoms with E-state index in [-0.39, 0.29) is 31.5 Å². The maximum atomic E-state index is 13.5. The van der Waals surface area contributed by atoms with Crippen molar-refractivity contribution in [2.75, 3.05) is 40.9 Å². The summed E-state index contributed by atoms with van der Waals surface area (Å²) in [6.07, 6.45) is 65.1. The van der Waals surface area contributed by atoms with Crippen molar-refractivity contribution in [1.29, 1.82) is 0 Å². The molecule has 0 saturated carbocycles. The van der Waals surface area contributed by atoms with E-state index in [1.54, 1.807) is 0 Å². The Kier molecular flexibility index (Phi) is 50.5. The average Bonchev–Trinajstić information content (AvgIpc) is 3.34. The van der Waals surface area contributed by atoms with E-state index in [1.165, 1.54) is 154 Å². The van der Waals surface area contributed by atoms with Gasteiger partial charge in [-0.1, -0.05) is 242 Å². The van der Waals surface area contributed by atoms with Crippen LogP contribution < -0.4 is 5.32 Å². The SMILES string of the molecule is CC/C=C/C=C/C=C\CCCCCCCC(=O)OC(/C=C\CCCCCCCCCCCC)C(COP(=O)(O)OCC[N+](C)(C)C)NC(=O)CCCCCCCCCCCCC/C=C/CCCCCCCC. The van der Waals surface area contributed by atoms with E-state index in [0.717, 1.165) is 77.0 Å². The summed E-state index contributed by atoms with van der Waals surface area (Å²) in [6.45, 7) is 6.87. The van der Waals surface area contributed by atoms with Crippen LogP contribution in [0.5, 0.6) is 0 Å². The summed E-state index contributed by atoms with van der Waals surface area (Å²) in [5.74, 6) is -0.526. The first-order valence-electron chi connectivity index (χ1n) is 30.1. The molecule has 420 valence electrons. The van der Waals surface area contributed by atoms with Crippen LogP contribution in [0.15, 0.2) is 60.8 Å². The number of rotatable bonds is 54. The molecule has 0 aromatic rings. The van der Waals surface area contributed by atoms with E-state index >= 15 is 0 Å². The van der Waals surface area contributed by atoms with Gasteiger partial charge in [-0.15, -0.1) is 0 Å². The van der Waals surface area contributed by atoms with Crippen LogP contribution in [0.2, 0.25) is 0 Å². The summed E-state index contributed by atoms with van der Waals surface area (Å²) in [7, 11) is 1.48. The molecule has 9 nitrogen and oxygen atoms in total. The Labute approximate surface area is 445 Å². The van der Waals surface area contributed by atoms with Gasteiger partial charge in [0.25, 0.3) is 0 Å². The Morgan fingerprint density at radius 2 is 0.903 bits per heavy atom. The number of carbonyl (C=O) groups excluding carboxylic acids is 2. The van der Waals surface area contributed by atoms with Gasteiger partial charge >= 0.3 is 13.8 Å². The van der Waals surface area contributed by atoms with Crippen molar-refractivity contribution in [3.63, 3.8) is 0 Å². The van der Waals surface area contributed by atoms with E-state index in [1.807, 2.05) is 33.3 Å². The second kappa shape index (κ2) is 52.2. The summed E-state index contributed by atoms with van der Waals surface area (Å²) in [4.78, 5) is 37.6. The van der Waals surface area contributed by atoms with Crippen molar-refractivity contribution < 1.29 is 37.3 Å². The van der Waals surface area contributed by atoms with Gasteiger partial charge in [0, 0.05) is 12.8 Å². The van der Waals surface area contributed by atoms with Crippen molar-refractivity contribution in [3.8, 4) is 0 Å². The Morgan fingerprint density at radius 1 is 0.500 bits per heavy atom. The molecule has 0 aliphatic heterocycles. The predicted octanol–water partition coefficient (Wildman–Crippen LogP) is 18.3. The zero-order chi connectivity index (χ0) is 52.9. The summed E-state index contributed by atoms with van der Waals surface area (Å²) < 4.78 is 30.6. The molecule has 0 aliphatic rings. The molecule has 0 aromatic carbocycles. The highest BCUT2D eigenvalue weighted by molar-refractivity contribution is 7.47. The van der Waals surface area contributed by atoms with E-state index in [0.29, 0.717) is 23.9 Å². The van der Waals surface area contributed by atoms with Gasteiger partial charge in [-0.2, -0.15) is 0 Å². The molecule has 0 saturated heterocycles. The Hall–Kier alpha value is -2.29. The number of unbranched alkanes of at least 4 members (excludes halogenated alkanes) is 32. The zero-order valence-electron chi connectivity index (χ0n) is 47.9. The average molecular weight is 1030 g/mol. The molecule has 0 heterocycles. The molecule has 3 unspecified atom stereocenters. The van der Waals surface area contributed by atoms with E-state index < -0.39 is 20.0 Å². The summed E-state index contributed by atoms with van der Waals surface area (Å²) >= 11 is 0. The first-order valence-corrected chi connectivity index (χ1v) is 31.6. The van der Waals surface area contributed by atoms with Gasteiger partial charge in [0.15, 0.2) is 0 Å². The summed E-state index contributed by atoms with van der Waals surface area (Å²) in [5, 5.41) is 3.05. The number of ether oxygens (including phenoxy) is 1. The maximum Gasteiger partial charge on any atom is 0.472 e. The van der Waals surface area contributed by atoms with Crippen LogP contribution in [0.4, 0.5) is 0 Å². The third-order valence-corrected chi connectivity index (χ3v) is 14.2. The van der Waals surface area contributed by atoms with Gasteiger partial charge in [-0.05, 0) is 76.7 Å². The number of phosphoric acid groups is 1. The van der Waals surface area contributed by atoms with Gasteiger partial charge in [0.1, 0.15) is 19.3 Å². The highest BCUT2D eigenvalue weighted by Crippen LogP contribution is 2.43. The molecule has 72 heavy (non-hydrogen) atoms. The normalized spacial score (nSPS) is 14.2.